The quantitative estimate of drug-likeness (QED) is 0.688. The largest absolute Gasteiger partial charge is 0.370 e. The topological polar surface area (TPSA) is 73.1 Å². The van der Waals surface area contributed by atoms with Gasteiger partial charge in [0, 0.05) is 25.9 Å². The van der Waals surface area contributed by atoms with Crippen LogP contribution in [0.1, 0.15) is 11.7 Å². The van der Waals surface area contributed by atoms with Gasteiger partial charge in [-0.2, -0.15) is 0 Å². The van der Waals surface area contributed by atoms with Crippen LogP contribution >= 0.6 is 0 Å². The summed E-state index contributed by atoms with van der Waals surface area (Å²) < 4.78 is 35.3. The van der Waals surface area contributed by atoms with E-state index in [1.807, 2.05) is 0 Å². The van der Waals surface area contributed by atoms with Gasteiger partial charge in [-0.05, 0) is 18.2 Å². The predicted octanol–water partition coefficient (Wildman–Crippen LogP) is 2.09. The highest BCUT2D eigenvalue weighted by Crippen LogP contribution is 2.29. The Bertz CT molecular complexity index is 1040. The Hall–Kier alpha value is -3.20. The first-order valence-electron chi connectivity index (χ1n) is 8.69. The summed E-state index contributed by atoms with van der Waals surface area (Å²) in [6, 6.07) is 6.75. The van der Waals surface area contributed by atoms with E-state index in [4.69, 9.17) is 4.74 Å². The van der Waals surface area contributed by atoms with Gasteiger partial charge in [0.2, 0.25) is 5.95 Å². The molecule has 0 N–H and O–H groups in total. The Balaban J connectivity index is 1.71. The molecule has 3 heterocycles. The summed E-state index contributed by atoms with van der Waals surface area (Å²) in [5.74, 6) is -0.946. The van der Waals surface area contributed by atoms with Gasteiger partial charge in [-0.15, -0.1) is 0 Å². The molecule has 1 aliphatic heterocycles. The van der Waals surface area contributed by atoms with Gasteiger partial charge >= 0.3 is 0 Å². The number of hydrogen-bond acceptors (Lipinski definition) is 6. The van der Waals surface area contributed by atoms with E-state index < -0.39 is 17.7 Å². The Morgan fingerprint density at radius 2 is 1.96 bits per heavy atom. The summed E-state index contributed by atoms with van der Waals surface area (Å²) in [5, 5.41) is 0. The second-order valence-electron chi connectivity index (χ2n) is 6.37. The van der Waals surface area contributed by atoms with Crippen molar-refractivity contribution < 1.29 is 13.5 Å². The molecule has 3 aromatic rings. The maximum atomic E-state index is 14.2. The molecular formula is C19H17F2N5O2. The second kappa shape index (κ2) is 7.43. The van der Waals surface area contributed by atoms with Gasteiger partial charge in [0.25, 0.3) is 5.56 Å². The van der Waals surface area contributed by atoms with Gasteiger partial charge < -0.3 is 9.64 Å². The third-order valence-electron chi connectivity index (χ3n) is 4.63. The van der Waals surface area contributed by atoms with Crippen molar-refractivity contribution in [2.75, 3.05) is 24.6 Å². The van der Waals surface area contributed by atoms with Gasteiger partial charge in [-0.1, -0.05) is 6.07 Å². The van der Waals surface area contributed by atoms with Gasteiger partial charge in [-0.25, -0.2) is 23.7 Å². The Labute approximate surface area is 159 Å². The fourth-order valence-corrected chi connectivity index (χ4v) is 3.21. The van der Waals surface area contributed by atoms with Crippen molar-refractivity contribution in [3.05, 3.63) is 70.4 Å². The van der Waals surface area contributed by atoms with Crippen LogP contribution in [0.25, 0.3) is 11.4 Å². The van der Waals surface area contributed by atoms with Crippen LogP contribution in [0.5, 0.6) is 0 Å². The minimum Gasteiger partial charge on any atom is -0.370 e. The summed E-state index contributed by atoms with van der Waals surface area (Å²) in [4.78, 5) is 26.8. The smallest absolute Gasteiger partial charge is 0.255 e. The first-order chi connectivity index (χ1) is 13.5. The molecule has 0 saturated carbocycles. The van der Waals surface area contributed by atoms with E-state index in [1.165, 1.54) is 35.2 Å². The highest BCUT2D eigenvalue weighted by molar-refractivity contribution is 5.55. The van der Waals surface area contributed by atoms with Crippen LogP contribution in [-0.4, -0.2) is 39.2 Å². The van der Waals surface area contributed by atoms with Crippen LogP contribution in [0.3, 0.4) is 0 Å². The van der Waals surface area contributed by atoms with E-state index >= 15 is 0 Å². The normalized spacial score (nSPS) is 17.0. The highest BCUT2D eigenvalue weighted by Gasteiger charge is 2.29. The lowest BCUT2D eigenvalue weighted by Gasteiger charge is -2.34. The molecule has 144 valence electrons. The molecule has 0 radical (unpaired) electrons. The lowest BCUT2D eigenvalue weighted by Crippen LogP contribution is -2.42. The number of halogens is 2. The standard InChI is InChI=1S/C19H17F2N5O2/c1-25-17(27)9-15(14-5-6-22-11-23-14)24-19(25)26-7-8-28-16(10-26)18-12(20)3-2-4-13(18)21/h2-6,9,11,16H,7-8,10H2,1H3/t16-/m1/s1. The molecule has 7 nitrogen and oxygen atoms in total. The summed E-state index contributed by atoms with van der Waals surface area (Å²) in [6.07, 6.45) is 2.13. The zero-order valence-corrected chi connectivity index (χ0v) is 15.0. The fourth-order valence-electron chi connectivity index (χ4n) is 3.21. The summed E-state index contributed by atoms with van der Waals surface area (Å²) in [7, 11) is 1.60. The van der Waals surface area contributed by atoms with Crippen molar-refractivity contribution in [1.82, 2.24) is 19.5 Å². The van der Waals surface area contributed by atoms with E-state index in [9.17, 15) is 13.6 Å². The molecule has 1 fully saturated rings. The van der Waals surface area contributed by atoms with Crippen molar-refractivity contribution in [3.8, 4) is 11.4 Å². The number of rotatable bonds is 3. The van der Waals surface area contributed by atoms with Gasteiger partial charge in [-0.3, -0.25) is 9.36 Å². The Morgan fingerprint density at radius 1 is 1.18 bits per heavy atom. The molecule has 1 atom stereocenters. The average molecular weight is 385 g/mol. The molecule has 0 amide bonds. The molecule has 4 rings (SSSR count). The van der Waals surface area contributed by atoms with E-state index in [-0.39, 0.29) is 24.3 Å². The summed E-state index contributed by atoms with van der Waals surface area (Å²) in [5.41, 5.74) is 0.530. The zero-order chi connectivity index (χ0) is 19.7. The minimum absolute atomic E-state index is 0.121. The highest BCUT2D eigenvalue weighted by atomic mass is 19.1. The monoisotopic (exact) mass is 385 g/mol. The molecule has 1 saturated heterocycles. The first-order valence-corrected chi connectivity index (χ1v) is 8.69. The molecule has 28 heavy (non-hydrogen) atoms. The molecule has 2 aromatic heterocycles. The molecule has 0 spiro atoms. The van der Waals surface area contributed by atoms with E-state index in [1.54, 1.807) is 24.2 Å². The van der Waals surface area contributed by atoms with E-state index in [0.29, 0.717) is 23.9 Å². The predicted molar refractivity (Wildman–Crippen MR) is 97.8 cm³/mol. The van der Waals surface area contributed by atoms with Crippen LogP contribution in [0.15, 0.2) is 47.7 Å². The Morgan fingerprint density at radius 3 is 2.68 bits per heavy atom. The maximum absolute atomic E-state index is 14.2. The van der Waals surface area contributed by atoms with E-state index in [0.717, 1.165) is 0 Å². The molecule has 1 aromatic carbocycles. The third kappa shape index (κ3) is 3.36. The van der Waals surface area contributed by atoms with Crippen LogP contribution in [0, 0.1) is 11.6 Å². The third-order valence-corrected chi connectivity index (χ3v) is 4.63. The number of anilines is 1. The lowest BCUT2D eigenvalue weighted by atomic mass is 10.1. The molecule has 0 unspecified atom stereocenters. The van der Waals surface area contributed by atoms with E-state index in [2.05, 4.69) is 15.0 Å². The minimum atomic E-state index is -0.811. The second-order valence-corrected chi connectivity index (χ2v) is 6.37. The van der Waals surface area contributed by atoms with Crippen molar-refractivity contribution in [1.29, 1.82) is 0 Å². The van der Waals surface area contributed by atoms with Crippen LogP contribution in [0.4, 0.5) is 14.7 Å². The zero-order valence-electron chi connectivity index (χ0n) is 15.0. The number of nitrogens with zero attached hydrogens (tertiary/aromatic N) is 5. The molecule has 0 aliphatic carbocycles. The maximum Gasteiger partial charge on any atom is 0.255 e. The number of morpholine rings is 1. The van der Waals surface area contributed by atoms with Crippen molar-refractivity contribution in [3.63, 3.8) is 0 Å². The molecular weight excluding hydrogens is 368 g/mol. The van der Waals surface area contributed by atoms with Gasteiger partial charge in [0.15, 0.2) is 0 Å². The number of aromatic nitrogens is 4. The summed E-state index contributed by atoms with van der Waals surface area (Å²) >= 11 is 0. The molecule has 1 aliphatic rings. The molecule has 0 bridgehead atoms. The Kier molecular flexibility index (Phi) is 4.82. The van der Waals surface area contributed by atoms with Crippen LogP contribution < -0.4 is 10.5 Å². The van der Waals surface area contributed by atoms with Crippen molar-refractivity contribution >= 4 is 5.95 Å². The number of ether oxygens (including phenoxy) is 1. The lowest BCUT2D eigenvalue weighted by molar-refractivity contribution is 0.0343. The fraction of sp³-hybridized carbons (Fsp3) is 0.263. The van der Waals surface area contributed by atoms with Gasteiger partial charge in [0.1, 0.15) is 24.1 Å². The molecule has 9 heteroatoms. The van der Waals surface area contributed by atoms with Crippen LogP contribution in [0.2, 0.25) is 0 Å². The van der Waals surface area contributed by atoms with Gasteiger partial charge in [0.05, 0.1) is 30.1 Å². The first kappa shape index (κ1) is 18.2. The summed E-state index contributed by atoms with van der Waals surface area (Å²) in [6.45, 7) is 0.831. The van der Waals surface area contributed by atoms with Crippen molar-refractivity contribution in [2.45, 2.75) is 6.10 Å². The average Bonchev–Trinajstić information content (AvgIpc) is 2.71. The number of benzene rings is 1. The number of hydrogen-bond donors (Lipinski definition) is 0. The SMILES string of the molecule is Cn1c(N2CCO[C@@H](c3c(F)cccc3F)C2)nc(-c2ccncn2)cc1=O. The van der Waals surface area contributed by atoms with Crippen molar-refractivity contribution in [2.24, 2.45) is 7.05 Å². The van der Waals surface area contributed by atoms with Crippen LogP contribution in [-0.2, 0) is 11.8 Å².